The Morgan fingerprint density at radius 1 is 0.616 bits per heavy atom. The monoisotopic (exact) mass is 1200 g/mol. The van der Waals surface area contributed by atoms with Crippen LogP contribution in [0, 0.1) is 5.41 Å². The second-order valence-electron chi connectivity index (χ2n) is 24.7. The number of fused-ring (bicyclic) bond motifs is 3. The number of thioether (sulfide) groups is 1. The van der Waals surface area contributed by atoms with Crippen LogP contribution in [0.4, 0.5) is 5.69 Å². The number of benzene rings is 4. The Kier molecular flexibility index (Phi) is 20.8. The molecule has 9 atom stereocenters. The van der Waals surface area contributed by atoms with Gasteiger partial charge in [0.05, 0.1) is 37.0 Å². The van der Waals surface area contributed by atoms with Gasteiger partial charge in [0.1, 0.15) is 24.2 Å². The molecule has 0 unspecified atom stereocenters. The lowest BCUT2D eigenvalue weighted by Gasteiger charge is -2.42. The van der Waals surface area contributed by atoms with Crippen molar-refractivity contribution in [2.45, 2.75) is 166 Å². The number of anilines is 1. The predicted molar refractivity (Wildman–Crippen MR) is 330 cm³/mol. The van der Waals surface area contributed by atoms with Crippen molar-refractivity contribution in [1.82, 2.24) is 47.0 Å². The molecule has 8 rings (SSSR count). The van der Waals surface area contributed by atoms with Gasteiger partial charge in [0.25, 0.3) is 11.8 Å². The summed E-state index contributed by atoms with van der Waals surface area (Å²) in [6.45, 7) is 12.4. The zero-order valence-electron chi connectivity index (χ0n) is 51.0. The number of hydrogen-bond donors (Lipinski definition) is 8. The number of hydrogen-bond acceptors (Lipinski definition) is 13. The molecule has 0 aromatic heterocycles. The van der Waals surface area contributed by atoms with Crippen molar-refractivity contribution in [2.24, 2.45) is 5.41 Å². The van der Waals surface area contributed by atoms with Gasteiger partial charge in [0.15, 0.2) is 0 Å². The highest BCUT2D eigenvalue weighted by atomic mass is 32.2. The van der Waals surface area contributed by atoms with E-state index < -0.39 is 88.0 Å². The maximum Gasteiger partial charge on any atom is 0.315 e. The number of ether oxygens (including phenoxy) is 1. The first-order valence-electron chi connectivity index (χ1n) is 29.8. The Bertz CT molecular complexity index is 3200. The van der Waals surface area contributed by atoms with E-state index in [2.05, 4.69) is 54.7 Å². The Labute approximate surface area is 508 Å². The van der Waals surface area contributed by atoms with E-state index in [9.17, 15) is 38.4 Å². The summed E-state index contributed by atoms with van der Waals surface area (Å²) in [7, 11) is 4.55. The number of nitrogens with zero attached hydrogens (tertiary/aromatic N) is 2. The number of likely N-dealkylation sites (tertiary alicyclic amines) is 1. The number of esters is 1. The van der Waals surface area contributed by atoms with Crippen LogP contribution in [-0.4, -0.2) is 144 Å². The fraction of sp³-hybridized carbons (Fsp3) is 0.492. The van der Waals surface area contributed by atoms with E-state index >= 15 is 4.79 Å². The number of likely N-dealkylation sites (N-methyl/N-ethyl adjacent to an activating group) is 2. The lowest BCUT2D eigenvalue weighted by atomic mass is 9.85. The van der Waals surface area contributed by atoms with Gasteiger partial charge in [-0.15, -0.1) is 11.8 Å². The smallest absolute Gasteiger partial charge is 0.315 e. The van der Waals surface area contributed by atoms with Gasteiger partial charge in [-0.1, -0.05) is 75.4 Å². The standard InChI is InChI=1S/C65H84N10O10S/c1-37(66-8)56(77)72-54(64(3,4)5)62(83)75-35-46(33-52(75)61(82)71-50-24-16-20-40-18-12-14-22-48(40)50)69-59(80)42-27-25-41(26-28-42)58(79)68-45-30-29-43-32-51(60(81)70-49-23-15-19-39-17-11-13-21-47(39)49)74(34-44(43)31-45)63(84)55(73-57(78)38(2)67-9)65(6,7)86-36-53(76)85-10/h11-14,17-18,21-22,25-31,37-38,46,49-52,54-55,66-67H,15-16,19-20,23-24,32-36H2,1-10H3,(H,68,79)(H,69,80)(H,70,81)(H,71,82)(H,72,77)(H,73,78)/t37-,38-,46-,49+,50+,51-,52-,54+,55-/m0/s1. The van der Waals surface area contributed by atoms with Crippen LogP contribution in [-0.2, 0) is 64.1 Å². The average molecular weight is 1200 g/mol. The molecule has 2 aliphatic carbocycles. The Morgan fingerprint density at radius 2 is 1.14 bits per heavy atom. The molecule has 2 aliphatic heterocycles. The van der Waals surface area contributed by atoms with Gasteiger partial charge in [0, 0.05) is 47.1 Å². The summed E-state index contributed by atoms with van der Waals surface area (Å²) in [5, 5.41) is 24.1. The third kappa shape index (κ3) is 15.1. The summed E-state index contributed by atoms with van der Waals surface area (Å²) in [5.41, 5.74) is 5.97. The molecule has 0 saturated carbocycles. The van der Waals surface area contributed by atoms with Crippen LogP contribution in [0.2, 0.25) is 0 Å². The van der Waals surface area contributed by atoms with E-state index in [0.717, 1.165) is 78.1 Å². The van der Waals surface area contributed by atoms with Crippen LogP contribution in [0.25, 0.3) is 0 Å². The number of rotatable bonds is 20. The highest BCUT2D eigenvalue weighted by molar-refractivity contribution is 8.01. The van der Waals surface area contributed by atoms with E-state index in [-0.39, 0.29) is 72.6 Å². The van der Waals surface area contributed by atoms with Gasteiger partial charge < -0.3 is 57.1 Å². The van der Waals surface area contributed by atoms with Crippen molar-refractivity contribution in [3.63, 3.8) is 0 Å². The van der Waals surface area contributed by atoms with Crippen LogP contribution in [0.15, 0.2) is 91.0 Å². The molecule has 1 fully saturated rings. The second kappa shape index (κ2) is 27.8. The SMILES string of the molecule is CN[C@@H](C)C(=O)N[C@H](C(=O)N1C[C@@H](NC(=O)c2ccc(C(=O)Nc3ccc4c(c3)CN(C(=O)[C@H](NC(=O)[C@H](C)NC)C(C)(C)SCC(=O)OC)[C@H](C(=O)N[C@@H]3CCCc5ccccc53)C4)cc2)C[C@H]1C(=O)N[C@@H]1CCCc2ccccc21)C(C)(C)C. The molecule has 4 aromatic rings. The molecule has 460 valence electrons. The number of amides is 8. The van der Waals surface area contributed by atoms with Crippen molar-refractivity contribution in [1.29, 1.82) is 0 Å². The fourth-order valence-electron chi connectivity index (χ4n) is 11.8. The summed E-state index contributed by atoms with van der Waals surface area (Å²) in [5.74, 6) is -4.07. The molecule has 8 N–H and O–H groups in total. The first-order valence-corrected chi connectivity index (χ1v) is 30.8. The molecule has 0 bridgehead atoms. The summed E-state index contributed by atoms with van der Waals surface area (Å²) in [4.78, 5) is 129. The molecular formula is C65H84N10O10S. The number of aryl methyl sites for hydroxylation is 2. The van der Waals surface area contributed by atoms with Crippen molar-refractivity contribution >= 4 is 70.7 Å². The molecule has 2 heterocycles. The van der Waals surface area contributed by atoms with Gasteiger partial charge in [0.2, 0.25) is 35.4 Å². The molecule has 4 aliphatic rings. The maximum absolute atomic E-state index is 15.3. The summed E-state index contributed by atoms with van der Waals surface area (Å²) in [6.07, 6.45) is 5.25. The highest BCUT2D eigenvalue weighted by Crippen LogP contribution is 2.36. The fourth-order valence-corrected chi connectivity index (χ4v) is 12.8. The zero-order valence-corrected chi connectivity index (χ0v) is 51.8. The molecule has 0 spiro atoms. The third-order valence-corrected chi connectivity index (χ3v) is 18.6. The summed E-state index contributed by atoms with van der Waals surface area (Å²) < 4.78 is 3.84. The van der Waals surface area contributed by atoms with Crippen LogP contribution >= 0.6 is 11.8 Å². The Morgan fingerprint density at radius 3 is 1.69 bits per heavy atom. The topological polar surface area (TPSA) is 266 Å². The highest BCUT2D eigenvalue weighted by Gasteiger charge is 2.48. The molecule has 21 heteroatoms. The van der Waals surface area contributed by atoms with Gasteiger partial charge in [-0.2, -0.15) is 0 Å². The average Bonchev–Trinajstić information content (AvgIpc) is 3.16. The minimum absolute atomic E-state index is 0.00562. The number of methoxy groups -OCH3 is 1. The zero-order chi connectivity index (χ0) is 62.2. The number of nitrogens with one attached hydrogen (secondary N) is 8. The Hall–Kier alpha value is -7.62. The number of carbonyl (C=O) groups excluding carboxylic acids is 9. The van der Waals surface area contributed by atoms with Gasteiger partial charge in [-0.25, -0.2) is 0 Å². The molecule has 1 saturated heterocycles. The molecule has 20 nitrogen and oxygen atoms in total. The predicted octanol–water partition coefficient (Wildman–Crippen LogP) is 5.20. The van der Waals surface area contributed by atoms with Gasteiger partial charge in [-0.05, 0) is 162 Å². The maximum atomic E-state index is 15.3. The molecule has 4 aromatic carbocycles. The van der Waals surface area contributed by atoms with Crippen molar-refractivity contribution in [3.8, 4) is 0 Å². The minimum atomic E-state index is -1.20. The summed E-state index contributed by atoms with van der Waals surface area (Å²) >= 11 is 1.15. The molecule has 0 radical (unpaired) electrons. The van der Waals surface area contributed by atoms with Crippen LogP contribution in [0.5, 0.6) is 0 Å². The largest absolute Gasteiger partial charge is 0.468 e. The van der Waals surface area contributed by atoms with Crippen molar-refractivity contribution in [3.05, 3.63) is 136 Å². The van der Waals surface area contributed by atoms with Crippen molar-refractivity contribution in [2.75, 3.05) is 38.8 Å². The minimum Gasteiger partial charge on any atom is -0.468 e. The first-order chi connectivity index (χ1) is 40.9. The lowest BCUT2D eigenvalue weighted by molar-refractivity contribution is -0.145. The first kappa shape index (κ1) is 64.4. The number of carbonyl (C=O) groups is 9. The second-order valence-corrected chi connectivity index (χ2v) is 26.3. The van der Waals surface area contributed by atoms with Crippen LogP contribution < -0.4 is 42.5 Å². The van der Waals surface area contributed by atoms with Gasteiger partial charge >= 0.3 is 5.97 Å². The molecule has 86 heavy (non-hydrogen) atoms. The van der Waals surface area contributed by atoms with E-state index in [1.54, 1.807) is 53.9 Å². The quantitative estimate of drug-likeness (QED) is 0.0530. The molecule has 8 amide bonds. The van der Waals surface area contributed by atoms with E-state index in [4.69, 9.17) is 4.74 Å². The van der Waals surface area contributed by atoms with E-state index in [0.29, 0.717) is 11.3 Å². The van der Waals surface area contributed by atoms with E-state index in [1.807, 2.05) is 63.2 Å². The van der Waals surface area contributed by atoms with Crippen LogP contribution in [0.3, 0.4) is 0 Å². The van der Waals surface area contributed by atoms with Gasteiger partial charge in [-0.3, -0.25) is 43.2 Å². The van der Waals surface area contributed by atoms with Crippen LogP contribution in [0.1, 0.15) is 147 Å². The summed E-state index contributed by atoms with van der Waals surface area (Å²) in [6, 6.07) is 20.8. The molecular weight excluding hydrogens is 1110 g/mol. The Balaban J connectivity index is 0.993. The van der Waals surface area contributed by atoms with Crippen molar-refractivity contribution < 1.29 is 47.9 Å². The van der Waals surface area contributed by atoms with E-state index in [1.165, 1.54) is 41.2 Å². The lowest BCUT2D eigenvalue weighted by Crippen LogP contribution is -2.63. The third-order valence-electron chi connectivity index (χ3n) is 17.3. The normalized spacial score (nSPS) is 20.5.